The first-order chi connectivity index (χ1) is 7.83. The minimum absolute atomic E-state index is 0.782. The van der Waals surface area contributed by atoms with Crippen LogP contribution in [0.4, 0.5) is 0 Å². The van der Waals surface area contributed by atoms with Gasteiger partial charge in [0.05, 0.1) is 6.61 Å². The normalized spacial score (nSPS) is 10.4. The molecule has 1 rings (SSSR count). The quantitative estimate of drug-likeness (QED) is 0.709. The van der Waals surface area contributed by atoms with E-state index in [2.05, 4.69) is 19.1 Å². The van der Waals surface area contributed by atoms with E-state index < -0.39 is 0 Å². The third kappa shape index (κ3) is 6.03. The van der Waals surface area contributed by atoms with Crippen LogP contribution in [0.3, 0.4) is 0 Å². The van der Waals surface area contributed by atoms with Crippen LogP contribution in [0.15, 0.2) is 24.3 Å². The Bertz CT molecular complexity index is 291. The fourth-order valence-electron chi connectivity index (χ4n) is 1.39. The van der Waals surface area contributed by atoms with E-state index >= 15 is 0 Å². The summed E-state index contributed by atoms with van der Waals surface area (Å²) in [5.41, 5.74) is 6.66. The summed E-state index contributed by atoms with van der Waals surface area (Å²) >= 11 is 1.92. The SMILES string of the molecule is Cc1cccc(OCCCCSCCN)c1. The molecule has 0 unspecified atom stereocenters. The Balaban J connectivity index is 2.03. The highest BCUT2D eigenvalue weighted by molar-refractivity contribution is 7.99. The Morgan fingerprint density at radius 3 is 2.88 bits per heavy atom. The molecule has 0 aliphatic carbocycles. The van der Waals surface area contributed by atoms with Crippen LogP contribution in [0, 0.1) is 6.92 Å². The molecule has 0 aliphatic heterocycles. The van der Waals surface area contributed by atoms with Gasteiger partial charge in [-0.25, -0.2) is 0 Å². The van der Waals surface area contributed by atoms with Crippen molar-refractivity contribution >= 4 is 11.8 Å². The Morgan fingerprint density at radius 2 is 2.12 bits per heavy atom. The average Bonchev–Trinajstić information content (AvgIpc) is 2.28. The monoisotopic (exact) mass is 239 g/mol. The van der Waals surface area contributed by atoms with Gasteiger partial charge in [-0.2, -0.15) is 11.8 Å². The minimum Gasteiger partial charge on any atom is -0.494 e. The first kappa shape index (κ1) is 13.4. The molecule has 0 spiro atoms. The lowest BCUT2D eigenvalue weighted by Crippen LogP contribution is -2.02. The van der Waals surface area contributed by atoms with Crippen molar-refractivity contribution in [3.8, 4) is 5.75 Å². The van der Waals surface area contributed by atoms with Gasteiger partial charge in [0.1, 0.15) is 5.75 Å². The summed E-state index contributed by atoms with van der Waals surface area (Å²) in [4.78, 5) is 0. The number of aryl methyl sites for hydroxylation is 1. The number of thioether (sulfide) groups is 1. The van der Waals surface area contributed by atoms with E-state index in [1.54, 1.807) is 0 Å². The molecule has 2 N–H and O–H groups in total. The molecule has 3 heteroatoms. The smallest absolute Gasteiger partial charge is 0.119 e. The van der Waals surface area contributed by atoms with E-state index in [-0.39, 0.29) is 0 Å². The second-order valence-electron chi connectivity index (χ2n) is 3.77. The van der Waals surface area contributed by atoms with Gasteiger partial charge < -0.3 is 10.5 Å². The van der Waals surface area contributed by atoms with E-state index in [9.17, 15) is 0 Å². The molecule has 0 radical (unpaired) electrons. The predicted octanol–water partition coefficient (Wildman–Crippen LogP) is 2.85. The summed E-state index contributed by atoms with van der Waals surface area (Å²) in [6, 6.07) is 8.19. The lowest BCUT2D eigenvalue weighted by molar-refractivity contribution is 0.309. The number of ether oxygens (including phenoxy) is 1. The number of nitrogens with two attached hydrogens (primary N) is 1. The largest absolute Gasteiger partial charge is 0.494 e. The number of hydrogen-bond acceptors (Lipinski definition) is 3. The zero-order valence-electron chi connectivity index (χ0n) is 9.95. The average molecular weight is 239 g/mol. The summed E-state index contributed by atoms with van der Waals surface area (Å²) in [6.45, 7) is 3.67. The summed E-state index contributed by atoms with van der Waals surface area (Å²) in [7, 11) is 0. The molecule has 90 valence electrons. The van der Waals surface area contributed by atoms with E-state index in [1.807, 2.05) is 23.9 Å². The third-order valence-electron chi connectivity index (χ3n) is 2.20. The molecule has 0 saturated carbocycles. The van der Waals surface area contributed by atoms with Crippen molar-refractivity contribution in [1.82, 2.24) is 0 Å². The molecule has 1 aromatic carbocycles. The van der Waals surface area contributed by atoms with Crippen molar-refractivity contribution in [2.24, 2.45) is 5.73 Å². The minimum atomic E-state index is 0.782. The van der Waals surface area contributed by atoms with Crippen LogP contribution in [0.5, 0.6) is 5.75 Å². The molecule has 0 fully saturated rings. The molecule has 0 bridgehead atoms. The topological polar surface area (TPSA) is 35.2 Å². The van der Waals surface area contributed by atoms with Crippen molar-refractivity contribution in [1.29, 1.82) is 0 Å². The van der Waals surface area contributed by atoms with Crippen molar-refractivity contribution < 1.29 is 4.74 Å². The van der Waals surface area contributed by atoms with Gasteiger partial charge in [-0.1, -0.05) is 12.1 Å². The standard InChI is InChI=1S/C13H21NOS/c1-12-5-4-6-13(11-12)15-8-2-3-9-16-10-7-14/h4-6,11H,2-3,7-10,14H2,1H3. The molecule has 0 aliphatic rings. The van der Waals surface area contributed by atoms with E-state index in [0.717, 1.165) is 31.1 Å². The van der Waals surface area contributed by atoms with Gasteiger partial charge in [-0.05, 0) is 43.2 Å². The molecule has 0 amide bonds. The molecular weight excluding hydrogens is 218 g/mol. The first-order valence-corrected chi connectivity index (χ1v) is 6.95. The van der Waals surface area contributed by atoms with E-state index in [4.69, 9.17) is 10.5 Å². The van der Waals surface area contributed by atoms with Crippen LogP contribution in [0.2, 0.25) is 0 Å². The van der Waals surface area contributed by atoms with Gasteiger partial charge in [-0.3, -0.25) is 0 Å². The van der Waals surface area contributed by atoms with Gasteiger partial charge in [-0.15, -0.1) is 0 Å². The fraction of sp³-hybridized carbons (Fsp3) is 0.538. The molecule has 2 nitrogen and oxygen atoms in total. The van der Waals surface area contributed by atoms with E-state index in [0.29, 0.717) is 0 Å². The Hall–Kier alpha value is -0.670. The highest BCUT2D eigenvalue weighted by Gasteiger charge is 1.94. The van der Waals surface area contributed by atoms with Crippen LogP contribution in [-0.4, -0.2) is 24.7 Å². The van der Waals surface area contributed by atoms with Crippen molar-refractivity contribution in [2.45, 2.75) is 19.8 Å². The number of rotatable bonds is 8. The summed E-state index contributed by atoms with van der Waals surface area (Å²) in [5, 5.41) is 0. The van der Waals surface area contributed by atoms with Crippen LogP contribution in [-0.2, 0) is 0 Å². The number of unbranched alkanes of at least 4 members (excludes halogenated alkanes) is 1. The van der Waals surface area contributed by atoms with Crippen LogP contribution < -0.4 is 10.5 Å². The Labute approximate surface area is 103 Å². The van der Waals surface area contributed by atoms with Crippen molar-refractivity contribution in [3.05, 3.63) is 29.8 Å². The number of hydrogen-bond donors (Lipinski definition) is 1. The summed E-state index contributed by atoms with van der Waals surface area (Å²) in [5.74, 6) is 3.24. The van der Waals surface area contributed by atoms with Crippen LogP contribution >= 0.6 is 11.8 Å². The molecule has 0 aromatic heterocycles. The van der Waals surface area contributed by atoms with Gasteiger partial charge in [0, 0.05) is 12.3 Å². The predicted molar refractivity (Wildman–Crippen MR) is 72.3 cm³/mol. The zero-order valence-corrected chi connectivity index (χ0v) is 10.8. The highest BCUT2D eigenvalue weighted by atomic mass is 32.2. The Morgan fingerprint density at radius 1 is 1.25 bits per heavy atom. The molecule has 1 aromatic rings. The molecule has 16 heavy (non-hydrogen) atoms. The maximum atomic E-state index is 5.66. The van der Waals surface area contributed by atoms with E-state index in [1.165, 1.54) is 17.7 Å². The number of benzene rings is 1. The molecule has 0 heterocycles. The van der Waals surface area contributed by atoms with Gasteiger partial charge in [0.15, 0.2) is 0 Å². The van der Waals surface area contributed by atoms with Crippen LogP contribution in [0.1, 0.15) is 18.4 Å². The fourth-order valence-corrected chi connectivity index (χ4v) is 2.17. The van der Waals surface area contributed by atoms with Crippen molar-refractivity contribution in [2.75, 3.05) is 24.7 Å². The van der Waals surface area contributed by atoms with Gasteiger partial charge in [0.2, 0.25) is 0 Å². The summed E-state index contributed by atoms with van der Waals surface area (Å²) in [6.07, 6.45) is 2.32. The zero-order chi connectivity index (χ0) is 11.6. The summed E-state index contributed by atoms with van der Waals surface area (Å²) < 4.78 is 5.66. The maximum absolute atomic E-state index is 5.66. The van der Waals surface area contributed by atoms with Crippen molar-refractivity contribution in [3.63, 3.8) is 0 Å². The highest BCUT2D eigenvalue weighted by Crippen LogP contribution is 2.13. The first-order valence-electron chi connectivity index (χ1n) is 5.80. The third-order valence-corrected chi connectivity index (χ3v) is 3.31. The molecule has 0 atom stereocenters. The van der Waals surface area contributed by atoms with Crippen LogP contribution in [0.25, 0.3) is 0 Å². The molecular formula is C13H21NOS. The second-order valence-corrected chi connectivity index (χ2v) is 5.00. The maximum Gasteiger partial charge on any atom is 0.119 e. The lowest BCUT2D eigenvalue weighted by Gasteiger charge is -2.06. The Kier molecular flexibility index (Phi) is 7.10. The lowest BCUT2D eigenvalue weighted by atomic mass is 10.2. The second kappa shape index (κ2) is 8.48. The van der Waals surface area contributed by atoms with Gasteiger partial charge >= 0.3 is 0 Å². The molecule has 0 saturated heterocycles. The van der Waals surface area contributed by atoms with Gasteiger partial charge in [0.25, 0.3) is 0 Å².